The van der Waals surface area contributed by atoms with Gasteiger partial charge < -0.3 is 5.11 Å². The Kier molecular flexibility index (Phi) is 26.5. The minimum Gasteiger partial charge on any atom is -0.397 e. The average Bonchev–Trinajstić information content (AvgIpc) is 2.21. The van der Waals surface area contributed by atoms with Crippen LogP contribution in [0.25, 0.3) is 0 Å². The van der Waals surface area contributed by atoms with Crippen LogP contribution in [0.4, 0.5) is 0 Å². The van der Waals surface area contributed by atoms with E-state index >= 15 is 0 Å². The first-order valence-electron chi connectivity index (χ1n) is 6.69. The summed E-state index contributed by atoms with van der Waals surface area (Å²) >= 11 is 0. The van der Waals surface area contributed by atoms with E-state index < -0.39 is 0 Å². The topological polar surface area (TPSA) is 20.2 Å². The lowest BCUT2D eigenvalue weighted by Crippen LogP contribution is -1.94. The van der Waals surface area contributed by atoms with Crippen molar-refractivity contribution in [3.63, 3.8) is 0 Å². The van der Waals surface area contributed by atoms with E-state index in [0.717, 1.165) is 11.8 Å². The van der Waals surface area contributed by atoms with E-state index in [1.807, 2.05) is 13.8 Å². The summed E-state index contributed by atoms with van der Waals surface area (Å²) in [6.07, 6.45) is 5.60. The SMILES string of the molecule is CC.CCC(C)CCCC(C)C.CCO. The van der Waals surface area contributed by atoms with Crippen molar-refractivity contribution in [2.24, 2.45) is 11.8 Å². The van der Waals surface area contributed by atoms with Gasteiger partial charge in [-0.25, -0.2) is 0 Å². The molecule has 0 rings (SSSR count). The van der Waals surface area contributed by atoms with Gasteiger partial charge in [0.2, 0.25) is 0 Å². The van der Waals surface area contributed by atoms with Crippen LogP contribution in [0.15, 0.2) is 0 Å². The molecule has 0 amide bonds. The van der Waals surface area contributed by atoms with Crippen molar-refractivity contribution in [1.29, 1.82) is 0 Å². The summed E-state index contributed by atoms with van der Waals surface area (Å²) in [5, 5.41) is 7.57. The van der Waals surface area contributed by atoms with Gasteiger partial charge >= 0.3 is 0 Å². The maximum Gasteiger partial charge on any atom is 0.0402 e. The minimum atomic E-state index is 0.250. The Morgan fingerprint density at radius 2 is 1.33 bits per heavy atom. The molecule has 1 N–H and O–H groups in total. The third-order valence-corrected chi connectivity index (χ3v) is 2.18. The molecule has 0 aliphatic heterocycles. The number of hydrogen-bond donors (Lipinski definition) is 1. The lowest BCUT2D eigenvalue weighted by atomic mass is 9.98. The smallest absolute Gasteiger partial charge is 0.0402 e. The predicted molar refractivity (Wildman–Crippen MR) is 72.3 cm³/mol. The van der Waals surface area contributed by atoms with Gasteiger partial charge in [-0.05, 0) is 18.8 Å². The lowest BCUT2D eigenvalue weighted by molar-refractivity contribution is 0.318. The zero-order valence-electron chi connectivity index (χ0n) is 12.1. The zero-order chi connectivity index (χ0) is 12.7. The molecule has 0 aliphatic carbocycles. The van der Waals surface area contributed by atoms with Crippen molar-refractivity contribution >= 4 is 0 Å². The Hall–Kier alpha value is -0.0400. The Bertz CT molecular complexity index is 79.4. The first-order chi connectivity index (χ1) is 7.08. The number of rotatable bonds is 5. The average molecular weight is 218 g/mol. The standard InChI is InChI=1S/C10H22.C2H6O.C2H6/c1-5-10(4)8-6-7-9(2)3;1-2-3;1-2/h9-10H,5-8H2,1-4H3;3H,2H2,1H3;1-2H3. The molecule has 1 nitrogen and oxygen atoms in total. The molecule has 96 valence electrons. The summed E-state index contributed by atoms with van der Waals surface area (Å²) < 4.78 is 0. The fourth-order valence-corrected chi connectivity index (χ4v) is 1.08. The molecule has 1 atom stereocenters. The molecule has 0 aromatic heterocycles. The number of hydrogen-bond acceptors (Lipinski definition) is 1. The van der Waals surface area contributed by atoms with Crippen LogP contribution in [0.5, 0.6) is 0 Å². The van der Waals surface area contributed by atoms with E-state index in [1.54, 1.807) is 6.92 Å². The van der Waals surface area contributed by atoms with Crippen LogP contribution in [-0.2, 0) is 0 Å². The monoisotopic (exact) mass is 218 g/mol. The summed E-state index contributed by atoms with van der Waals surface area (Å²) in [4.78, 5) is 0. The summed E-state index contributed by atoms with van der Waals surface area (Å²) in [5.41, 5.74) is 0. The van der Waals surface area contributed by atoms with E-state index in [1.165, 1.54) is 25.7 Å². The van der Waals surface area contributed by atoms with Crippen LogP contribution in [0.3, 0.4) is 0 Å². The summed E-state index contributed by atoms with van der Waals surface area (Å²) in [5.74, 6) is 1.84. The van der Waals surface area contributed by atoms with E-state index in [4.69, 9.17) is 5.11 Å². The second kappa shape index (κ2) is 19.5. The van der Waals surface area contributed by atoms with Gasteiger partial charge in [0.15, 0.2) is 0 Å². The minimum absolute atomic E-state index is 0.250. The molecule has 1 unspecified atom stereocenters. The molecule has 0 fully saturated rings. The highest BCUT2D eigenvalue weighted by Gasteiger charge is 1.99. The number of aliphatic hydroxyl groups is 1. The maximum absolute atomic E-state index is 7.57. The van der Waals surface area contributed by atoms with Gasteiger partial charge in [0.05, 0.1) is 0 Å². The van der Waals surface area contributed by atoms with Crippen LogP contribution in [-0.4, -0.2) is 11.7 Å². The van der Waals surface area contributed by atoms with Gasteiger partial charge in [-0.15, -0.1) is 0 Å². The summed E-state index contributed by atoms with van der Waals surface area (Å²) in [6, 6.07) is 0. The van der Waals surface area contributed by atoms with Crippen LogP contribution in [0.2, 0.25) is 0 Å². The van der Waals surface area contributed by atoms with Gasteiger partial charge in [-0.1, -0.05) is 67.2 Å². The van der Waals surface area contributed by atoms with E-state index in [-0.39, 0.29) is 6.61 Å². The third kappa shape index (κ3) is 31.5. The highest BCUT2D eigenvalue weighted by Crippen LogP contribution is 2.14. The summed E-state index contributed by atoms with van der Waals surface area (Å²) in [7, 11) is 0. The molecule has 1 heteroatoms. The van der Waals surface area contributed by atoms with E-state index in [2.05, 4.69) is 27.7 Å². The fourth-order valence-electron chi connectivity index (χ4n) is 1.08. The fraction of sp³-hybridized carbons (Fsp3) is 1.00. The van der Waals surface area contributed by atoms with Gasteiger partial charge in [-0.3, -0.25) is 0 Å². The van der Waals surface area contributed by atoms with Crippen molar-refractivity contribution in [3.8, 4) is 0 Å². The van der Waals surface area contributed by atoms with Crippen LogP contribution in [0.1, 0.15) is 74.1 Å². The second-order valence-electron chi connectivity index (χ2n) is 4.15. The van der Waals surface area contributed by atoms with Gasteiger partial charge in [-0.2, -0.15) is 0 Å². The Labute approximate surface area is 98.3 Å². The zero-order valence-corrected chi connectivity index (χ0v) is 12.1. The number of aliphatic hydroxyl groups excluding tert-OH is 1. The molecule has 0 saturated carbocycles. The molecule has 0 heterocycles. The highest BCUT2D eigenvalue weighted by atomic mass is 16.2. The third-order valence-electron chi connectivity index (χ3n) is 2.18. The molecule has 0 radical (unpaired) electrons. The van der Waals surface area contributed by atoms with Gasteiger partial charge in [0, 0.05) is 6.61 Å². The molecule has 0 bridgehead atoms. The highest BCUT2D eigenvalue weighted by molar-refractivity contribution is 4.52. The second-order valence-corrected chi connectivity index (χ2v) is 4.15. The van der Waals surface area contributed by atoms with E-state index in [0.29, 0.717) is 0 Å². The Balaban J connectivity index is -0.000000245. The van der Waals surface area contributed by atoms with Crippen LogP contribution in [0, 0.1) is 11.8 Å². The molecule has 0 saturated heterocycles. The van der Waals surface area contributed by atoms with Crippen molar-refractivity contribution < 1.29 is 5.11 Å². The summed E-state index contributed by atoms with van der Waals surface area (Å²) in [6.45, 7) is 15.2. The maximum atomic E-state index is 7.57. The first kappa shape index (κ1) is 20.4. The first-order valence-corrected chi connectivity index (χ1v) is 6.69. The lowest BCUT2D eigenvalue weighted by Gasteiger charge is -2.08. The molecule has 0 aromatic rings. The molecule has 0 spiro atoms. The molecule has 0 aromatic carbocycles. The quantitative estimate of drug-likeness (QED) is 0.697. The molecule has 0 aliphatic rings. The van der Waals surface area contributed by atoms with Crippen molar-refractivity contribution in [1.82, 2.24) is 0 Å². The van der Waals surface area contributed by atoms with Crippen molar-refractivity contribution in [3.05, 3.63) is 0 Å². The largest absolute Gasteiger partial charge is 0.397 e. The van der Waals surface area contributed by atoms with Crippen molar-refractivity contribution in [2.45, 2.75) is 74.1 Å². The normalized spacial score (nSPS) is 11.0. The van der Waals surface area contributed by atoms with Crippen LogP contribution >= 0.6 is 0 Å². The Morgan fingerprint density at radius 3 is 1.60 bits per heavy atom. The van der Waals surface area contributed by atoms with E-state index in [9.17, 15) is 0 Å². The Morgan fingerprint density at radius 1 is 0.933 bits per heavy atom. The van der Waals surface area contributed by atoms with Crippen molar-refractivity contribution in [2.75, 3.05) is 6.61 Å². The predicted octanol–water partition coefficient (Wildman–Crippen LogP) is 4.88. The molecular weight excluding hydrogens is 184 g/mol. The molecular formula is C14H34O. The van der Waals surface area contributed by atoms with Gasteiger partial charge in [0.1, 0.15) is 0 Å². The van der Waals surface area contributed by atoms with Gasteiger partial charge in [0.25, 0.3) is 0 Å². The van der Waals surface area contributed by atoms with Crippen LogP contribution < -0.4 is 0 Å². The molecule has 15 heavy (non-hydrogen) atoms.